The van der Waals surface area contributed by atoms with Gasteiger partial charge in [-0.05, 0) is 54.8 Å². The van der Waals surface area contributed by atoms with E-state index in [0.717, 1.165) is 11.1 Å². The van der Waals surface area contributed by atoms with Crippen molar-refractivity contribution >= 4 is 15.7 Å². The minimum Gasteiger partial charge on any atom is -0.491 e. The van der Waals surface area contributed by atoms with E-state index in [1.54, 1.807) is 32.2 Å². The quantitative estimate of drug-likeness (QED) is 0.739. The van der Waals surface area contributed by atoms with Crippen LogP contribution in [-0.4, -0.2) is 35.3 Å². The number of halogens is 1. The smallest absolute Gasteiger partial charge is 0.264 e. The predicted octanol–water partition coefficient (Wildman–Crippen LogP) is 2.91. The van der Waals surface area contributed by atoms with Gasteiger partial charge in [-0.2, -0.15) is 0 Å². The van der Waals surface area contributed by atoms with Gasteiger partial charge in [-0.3, -0.25) is 4.31 Å². The lowest BCUT2D eigenvalue weighted by Gasteiger charge is -2.20. The van der Waals surface area contributed by atoms with E-state index in [1.165, 1.54) is 22.5 Å². The van der Waals surface area contributed by atoms with Crippen LogP contribution in [0.2, 0.25) is 0 Å². The Morgan fingerprint density at radius 2 is 1.96 bits per heavy atom. The van der Waals surface area contributed by atoms with Crippen LogP contribution in [0.1, 0.15) is 11.1 Å². The van der Waals surface area contributed by atoms with Gasteiger partial charge in [0.05, 0.1) is 17.2 Å². The molecule has 3 rings (SSSR count). The van der Waals surface area contributed by atoms with Crippen molar-refractivity contribution in [2.24, 2.45) is 0 Å². The summed E-state index contributed by atoms with van der Waals surface area (Å²) in [4.78, 5) is 0.168. The van der Waals surface area contributed by atoms with Gasteiger partial charge in [0.15, 0.2) is 0 Å². The monoisotopic (exact) mass is 365 g/mol. The lowest BCUT2D eigenvalue weighted by atomic mass is 10.2. The van der Waals surface area contributed by atoms with E-state index in [4.69, 9.17) is 9.47 Å². The molecule has 7 heteroatoms. The molecule has 1 heterocycles. The van der Waals surface area contributed by atoms with Crippen molar-refractivity contribution < 1.29 is 22.3 Å². The Bertz CT molecular complexity index is 883. The Morgan fingerprint density at radius 3 is 2.68 bits per heavy atom. The molecule has 0 unspecified atom stereocenters. The molecule has 1 aliphatic heterocycles. The number of fused-ring (bicyclic) bond motifs is 1. The van der Waals surface area contributed by atoms with Crippen molar-refractivity contribution in [3.8, 4) is 5.75 Å². The SMILES string of the molecule is COCCOc1ccc(S(=O)(=O)N2CCc3ccc(F)cc32)cc1C. The first-order chi connectivity index (χ1) is 11.9. The zero-order chi connectivity index (χ0) is 18.0. The van der Waals surface area contributed by atoms with Crippen LogP contribution in [0.3, 0.4) is 0 Å². The number of benzene rings is 2. The van der Waals surface area contributed by atoms with Crippen molar-refractivity contribution in [1.29, 1.82) is 0 Å². The molecular weight excluding hydrogens is 345 g/mol. The number of hydrogen-bond donors (Lipinski definition) is 0. The Kier molecular flexibility index (Phi) is 4.96. The maximum atomic E-state index is 13.5. The molecule has 2 aromatic carbocycles. The summed E-state index contributed by atoms with van der Waals surface area (Å²) in [6, 6.07) is 9.00. The summed E-state index contributed by atoms with van der Waals surface area (Å²) >= 11 is 0. The third-order valence-corrected chi connectivity index (χ3v) is 5.99. The highest BCUT2D eigenvalue weighted by Crippen LogP contribution is 2.34. The Hall–Kier alpha value is -2.12. The summed E-state index contributed by atoms with van der Waals surface area (Å²) in [5.41, 5.74) is 1.97. The summed E-state index contributed by atoms with van der Waals surface area (Å²) in [5, 5.41) is 0. The van der Waals surface area contributed by atoms with Crippen LogP contribution in [0.25, 0.3) is 0 Å². The highest BCUT2D eigenvalue weighted by Gasteiger charge is 2.31. The van der Waals surface area contributed by atoms with Gasteiger partial charge in [0, 0.05) is 13.7 Å². The summed E-state index contributed by atoms with van der Waals surface area (Å²) in [6.45, 7) is 2.95. The van der Waals surface area contributed by atoms with Crippen LogP contribution in [0.5, 0.6) is 5.75 Å². The molecule has 0 amide bonds. The maximum absolute atomic E-state index is 13.5. The van der Waals surface area contributed by atoms with Crippen molar-refractivity contribution in [2.45, 2.75) is 18.2 Å². The van der Waals surface area contributed by atoms with Gasteiger partial charge in [0.2, 0.25) is 0 Å². The van der Waals surface area contributed by atoms with Gasteiger partial charge in [0.25, 0.3) is 10.0 Å². The molecule has 0 aliphatic carbocycles. The summed E-state index contributed by atoms with van der Waals surface area (Å²) in [7, 11) is -2.16. The second-order valence-electron chi connectivity index (χ2n) is 5.87. The summed E-state index contributed by atoms with van der Waals surface area (Å²) < 4.78 is 51.3. The Labute approximate surface area is 147 Å². The summed E-state index contributed by atoms with van der Waals surface area (Å²) in [6.07, 6.45) is 0.575. The van der Waals surface area contributed by atoms with Crippen molar-refractivity contribution in [3.63, 3.8) is 0 Å². The highest BCUT2D eigenvalue weighted by molar-refractivity contribution is 7.92. The topological polar surface area (TPSA) is 55.8 Å². The van der Waals surface area contributed by atoms with E-state index in [9.17, 15) is 12.8 Å². The number of rotatable bonds is 6. The van der Waals surface area contributed by atoms with E-state index in [1.807, 2.05) is 0 Å². The first kappa shape index (κ1) is 17.7. The van der Waals surface area contributed by atoms with Gasteiger partial charge in [-0.15, -0.1) is 0 Å². The molecule has 1 aliphatic rings. The van der Waals surface area contributed by atoms with Crippen molar-refractivity contribution in [3.05, 3.63) is 53.3 Å². The van der Waals surface area contributed by atoms with Gasteiger partial charge in [-0.25, -0.2) is 12.8 Å². The first-order valence-electron chi connectivity index (χ1n) is 7.97. The third kappa shape index (κ3) is 3.48. The fourth-order valence-corrected chi connectivity index (χ4v) is 4.46. The van der Waals surface area contributed by atoms with Crippen LogP contribution < -0.4 is 9.04 Å². The van der Waals surface area contributed by atoms with Crippen molar-refractivity contribution in [1.82, 2.24) is 0 Å². The second-order valence-corrected chi connectivity index (χ2v) is 7.73. The Balaban J connectivity index is 1.89. The summed E-state index contributed by atoms with van der Waals surface area (Å²) in [5.74, 6) is 0.169. The molecule has 0 aromatic heterocycles. The molecule has 2 aromatic rings. The lowest BCUT2D eigenvalue weighted by Crippen LogP contribution is -2.29. The molecule has 0 fully saturated rings. The van der Waals surface area contributed by atoms with Gasteiger partial charge >= 0.3 is 0 Å². The molecule has 0 N–H and O–H groups in total. The van der Waals surface area contributed by atoms with E-state index in [0.29, 0.717) is 37.6 Å². The van der Waals surface area contributed by atoms with E-state index in [-0.39, 0.29) is 4.90 Å². The standard InChI is InChI=1S/C18H20FNO4S/c1-13-11-16(5-6-18(13)24-10-9-23-2)25(21,22)20-8-7-14-3-4-15(19)12-17(14)20/h3-6,11-12H,7-10H2,1-2H3. The normalized spacial score (nSPS) is 13.8. The van der Waals surface area contributed by atoms with Crippen LogP contribution in [0, 0.1) is 12.7 Å². The molecule has 0 bridgehead atoms. The number of sulfonamides is 1. The van der Waals surface area contributed by atoms with E-state index in [2.05, 4.69) is 0 Å². The molecular formula is C18H20FNO4S. The number of hydrogen-bond acceptors (Lipinski definition) is 4. The number of aryl methyl sites for hydroxylation is 1. The highest BCUT2D eigenvalue weighted by atomic mass is 32.2. The minimum absolute atomic E-state index is 0.168. The molecule has 0 saturated heterocycles. The molecule has 25 heavy (non-hydrogen) atoms. The number of nitrogens with zero attached hydrogens (tertiary/aromatic N) is 1. The zero-order valence-electron chi connectivity index (χ0n) is 14.2. The molecule has 0 saturated carbocycles. The van der Waals surface area contributed by atoms with Gasteiger partial charge < -0.3 is 9.47 Å². The van der Waals surface area contributed by atoms with Gasteiger partial charge in [0.1, 0.15) is 18.2 Å². The molecule has 0 spiro atoms. The molecule has 0 atom stereocenters. The van der Waals surface area contributed by atoms with Crippen molar-refractivity contribution in [2.75, 3.05) is 31.2 Å². The fraction of sp³-hybridized carbons (Fsp3) is 0.333. The van der Waals surface area contributed by atoms with Crippen LogP contribution in [-0.2, 0) is 21.2 Å². The first-order valence-corrected chi connectivity index (χ1v) is 9.41. The largest absolute Gasteiger partial charge is 0.491 e. The Morgan fingerprint density at radius 1 is 1.16 bits per heavy atom. The maximum Gasteiger partial charge on any atom is 0.264 e. The number of methoxy groups -OCH3 is 1. The van der Waals surface area contributed by atoms with E-state index >= 15 is 0 Å². The van der Waals surface area contributed by atoms with Crippen LogP contribution >= 0.6 is 0 Å². The van der Waals surface area contributed by atoms with Crippen LogP contribution in [0.4, 0.5) is 10.1 Å². The average Bonchev–Trinajstić information content (AvgIpc) is 3.00. The number of anilines is 1. The molecule has 5 nitrogen and oxygen atoms in total. The number of ether oxygens (including phenoxy) is 2. The van der Waals surface area contributed by atoms with E-state index < -0.39 is 15.8 Å². The molecule has 0 radical (unpaired) electrons. The van der Waals surface area contributed by atoms with Gasteiger partial charge in [-0.1, -0.05) is 6.07 Å². The lowest BCUT2D eigenvalue weighted by molar-refractivity contribution is 0.146. The average molecular weight is 365 g/mol. The third-order valence-electron chi connectivity index (χ3n) is 4.18. The second kappa shape index (κ2) is 7.01. The zero-order valence-corrected chi connectivity index (χ0v) is 15.0. The minimum atomic E-state index is -3.75. The predicted molar refractivity (Wildman–Crippen MR) is 93.2 cm³/mol. The molecule has 134 valence electrons. The van der Waals surface area contributed by atoms with Crippen LogP contribution in [0.15, 0.2) is 41.3 Å². The fourth-order valence-electron chi connectivity index (χ4n) is 2.88.